The monoisotopic (exact) mass is 423 g/mol. The van der Waals surface area contributed by atoms with Crippen LogP contribution in [0.3, 0.4) is 0 Å². The van der Waals surface area contributed by atoms with Gasteiger partial charge in [0.25, 0.3) is 0 Å². The summed E-state index contributed by atoms with van der Waals surface area (Å²) in [6.07, 6.45) is 3.31. The first-order valence-electron chi connectivity index (χ1n) is 10.5. The van der Waals surface area contributed by atoms with E-state index in [0.29, 0.717) is 36.8 Å². The standard InChI is InChI=1S/C25H29NO5/c1-5-13-26-22(27)15-21(31-16-17-9-7-6-8-10-17)25(26)12-11-18-19(25)14-20(28-2)24(30-4)23(18)29-3/h5-10,14,21H,1,11-13,15-16H2,2-4H3/t21-,25+/m0/s1. The van der Waals surface area contributed by atoms with Gasteiger partial charge in [-0.2, -0.15) is 0 Å². The summed E-state index contributed by atoms with van der Waals surface area (Å²) in [5, 5.41) is 0. The van der Waals surface area contributed by atoms with Gasteiger partial charge in [-0.1, -0.05) is 36.4 Å². The second kappa shape index (κ2) is 8.63. The van der Waals surface area contributed by atoms with Gasteiger partial charge in [0.1, 0.15) is 0 Å². The van der Waals surface area contributed by atoms with Crippen LogP contribution in [0.15, 0.2) is 49.1 Å². The molecule has 1 aliphatic heterocycles. The van der Waals surface area contributed by atoms with Crippen molar-refractivity contribution >= 4 is 5.91 Å². The zero-order valence-corrected chi connectivity index (χ0v) is 18.3. The molecule has 1 saturated heterocycles. The Kier molecular flexibility index (Phi) is 5.92. The van der Waals surface area contributed by atoms with Crippen molar-refractivity contribution in [3.8, 4) is 17.2 Å². The van der Waals surface area contributed by atoms with Gasteiger partial charge in [0.05, 0.1) is 46.0 Å². The van der Waals surface area contributed by atoms with Crippen molar-refractivity contribution in [1.82, 2.24) is 4.90 Å². The zero-order valence-electron chi connectivity index (χ0n) is 18.3. The molecule has 0 bridgehead atoms. The van der Waals surface area contributed by atoms with Crippen LogP contribution in [0.1, 0.15) is 29.5 Å². The third-order valence-corrected chi connectivity index (χ3v) is 6.44. The smallest absolute Gasteiger partial charge is 0.226 e. The highest BCUT2D eigenvalue weighted by molar-refractivity contribution is 5.82. The Bertz CT molecular complexity index is 974. The Balaban J connectivity index is 1.81. The third kappa shape index (κ3) is 3.35. The molecule has 1 aliphatic carbocycles. The summed E-state index contributed by atoms with van der Waals surface area (Å²) < 4.78 is 23.4. The number of hydrogen-bond donors (Lipinski definition) is 0. The van der Waals surface area contributed by atoms with Gasteiger partial charge in [-0.25, -0.2) is 0 Å². The van der Waals surface area contributed by atoms with E-state index in [9.17, 15) is 4.79 Å². The SMILES string of the molecule is C=CCN1C(=O)C[C@H](OCc2ccccc2)[C@]12CCc1c2cc(OC)c(OC)c1OC. The Morgan fingerprint density at radius 2 is 1.87 bits per heavy atom. The lowest BCUT2D eigenvalue weighted by Gasteiger charge is -2.39. The quantitative estimate of drug-likeness (QED) is 0.604. The number of likely N-dealkylation sites (tertiary alicyclic amines) is 1. The number of fused-ring (bicyclic) bond motifs is 2. The van der Waals surface area contributed by atoms with Crippen LogP contribution in [0.5, 0.6) is 17.2 Å². The maximum absolute atomic E-state index is 13.1. The fraction of sp³-hybridized carbons (Fsp3) is 0.400. The minimum Gasteiger partial charge on any atom is -0.493 e. The summed E-state index contributed by atoms with van der Waals surface area (Å²) in [6, 6.07) is 12.0. The highest BCUT2D eigenvalue weighted by Gasteiger charge is 2.58. The van der Waals surface area contributed by atoms with E-state index in [1.807, 2.05) is 41.3 Å². The minimum absolute atomic E-state index is 0.0690. The first-order valence-corrected chi connectivity index (χ1v) is 10.5. The number of rotatable bonds is 8. The lowest BCUT2D eigenvalue weighted by atomic mass is 9.85. The molecule has 1 fully saturated rings. The predicted octanol–water partition coefficient (Wildman–Crippen LogP) is 3.86. The van der Waals surface area contributed by atoms with E-state index in [4.69, 9.17) is 18.9 Å². The van der Waals surface area contributed by atoms with Gasteiger partial charge in [-0.3, -0.25) is 4.79 Å². The number of nitrogens with zero attached hydrogens (tertiary/aromatic N) is 1. The highest BCUT2D eigenvalue weighted by atomic mass is 16.5. The molecule has 0 aromatic heterocycles. The maximum Gasteiger partial charge on any atom is 0.226 e. The van der Waals surface area contributed by atoms with E-state index in [1.165, 1.54) is 0 Å². The number of benzene rings is 2. The molecule has 1 spiro atoms. The van der Waals surface area contributed by atoms with Crippen molar-refractivity contribution in [2.75, 3.05) is 27.9 Å². The molecule has 2 aromatic rings. The van der Waals surface area contributed by atoms with E-state index in [1.54, 1.807) is 27.4 Å². The summed E-state index contributed by atoms with van der Waals surface area (Å²) in [7, 11) is 4.84. The van der Waals surface area contributed by atoms with E-state index >= 15 is 0 Å². The summed E-state index contributed by atoms with van der Waals surface area (Å²) in [6.45, 7) is 4.78. The number of hydrogen-bond acceptors (Lipinski definition) is 5. The number of methoxy groups -OCH3 is 3. The average Bonchev–Trinajstić information content (AvgIpc) is 3.30. The zero-order chi connectivity index (χ0) is 22.0. The van der Waals surface area contributed by atoms with Gasteiger partial charge in [0, 0.05) is 12.1 Å². The van der Waals surface area contributed by atoms with Crippen LogP contribution in [0.2, 0.25) is 0 Å². The molecule has 1 heterocycles. The van der Waals surface area contributed by atoms with Crippen LogP contribution in [0, 0.1) is 0 Å². The summed E-state index contributed by atoms with van der Waals surface area (Å²) in [5.74, 6) is 1.88. The van der Waals surface area contributed by atoms with Crippen LogP contribution < -0.4 is 14.2 Å². The van der Waals surface area contributed by atoms with Crippen molar-refractivity contribution in [3.63, 3.8) is 0 Å². The molecule has 0 saturated carbocycles. The minimum atomic E-state index is -0.595. The van der Waals surface area contributed by atoms with Crippen LogP contribution in [0.25, 0.3) is 0 Å². The van der Waals surface area contributed by atoms with Crippen LogP contribution >= 0.6 is 0 Å². The predicted molar refractivity (Wildman–Crippen MR) is 118 cm³/mol. The maximum atomic E-state index is 13.1. The van der Waals surface area contributed by atoms with Crippen molar-refractivity contribution in [1.29, 1.82) is 0 Å². The molecule has 31 heavy (non-hydrogen) atoms. The lowest BCUT2D eigenvalue weighted by Crippen LogP contribution is -2.48. The highest BCUT2D eigenvalue weighted by Crippen LogP contribution is 2.56. The Morgan fingerprint density at radius 1 is 1.13 bits per heavy atom. The third-order valence-electron chi connectivity index (χ3n) is 6.44. The fourth-order valence-corrected chi connectivity index (χ4v) is 5.11. The molecular weight excluding hydrogens is 394 g/mol. The van der Waals surface area contributed by atoms with Crippen molar-refractivity contribution in [2.45, 2.75) is 37.5 Å². The van der Waals surface area contributed by atoms with E-state index < -0.39 is 5.54 Å². The topological polar surface area (TPSA) is 57.2 Å². The second-order valence-electron chi connectivity index (χ2n) is 7.88. The Labute approximate surface area is 183 Å². The lowest BCUT2D eigenvalue weighted by molar-refractivity contribution is -0.131. The molecular formula is C25H29NO5. The number of amides is 1. The summed E-state index contributed by atoms with van der Waals surface area (Å²) in [5.41, 5.74) is 2.53. The summed E-state index contributed by atoms with van der Waals surface area (Å²) in [4.78, 5) is 15.0. The second-order valence-corrected chi connectivity index (χ2v) is 7.88. The molecule has 6 heteroatoms. The molecule has 6 nitrogen and oxygen atoms in total. The number of carbonyl (C=O) groups is 1. The molecule has 2 atom stereocenters. The molecule has 2 aromatic carbocycles. The van der Waals surface area contributed by atoms with E-state index in [-0.39, 0.29) is 12.0 Å². The fourth-order valence-electron chi connectivity index (χ4n) is 5.11. The normalized spacial score (nSPS) is 22.0. The number of ether oxygens (including phenoxy) is 4. The molecule has 4 rings (SSSR count). The molecule has 1 amide bonds. The van der Waals surface area contributed by atoms with Crippen molar-refractivity contribution in [2.24, 2.45) is 0 Å². The Morgan fingerprint density at radius 3 is 2.52 bits per heavy atom. The van der Waals surface area contributed by atoms with Gasteiger partial charge in [-0.15, -0.1) is 6.58 Å². The molecule has 0 unspecified atom stereocenters. The van der Waals surface area contributed by atoms with Crippen LogP contribution in [-0.2, 0) is 28.1 Å². The Hall–Kier alpha value is -2.99. The average molecular weight is 424 g/mol. The first-order chi connectivity index (χ1) is 15.1. The van der Waals surface area contributed by atoms with Crippen LogP contribution in [0.4, 0.5) is 0 Å². The van der Waals surface area contributed by atoms with Gasteiger partial charge < -0.3 is 23.8 Å². The molecule has 2 aliphatic rings. The van der Waals surface area contributed by atoms with Gasteiger partial charge in [-0.05, 0) is 30.0 Å². The largest absolute Gasteiger partial charge is 0.493 e. The van der Waals surface area contributed by atoms with Crippen molar-refractivity contribution < 1.29 is 23.7 Å². The number of carbonyl (C=O) groups excluding carboxylic acids is 1. The van der Waals surface area contributed by atoms with Crippen molar-refractivity contribution in [3.05, 3.63) is 65.7 Å². The summed E-state index contributed by atoms with van der Waals surface area (Å²) >= 11 is 0. The van der Waals surface area contributed by atoms with Gasteiger partial charge in [0.15, 0.2) is 11.5 Å². The molecule has 164 valence electrons. The van der Waals surface area contributed by atoms with Gasteiger partial charge in [0.2, 0.25) is 11.7 Å². The van der Waals surface area contributed by atoms with Gasteiger partial charge >= 0.3 is 0 Å². The first kappa shape index (κ1) is 21.2. The van der Waals surface area contributed by atoms with E-state index in [0.717, 1.165) is 29.5 Å². The van der Waals surface area contributed by atoms with Crippen LogP contribution in [-0.4, -0.2) is 44.8 Å². The molecule has 0 radical (unpaired) electrons. The van der Waals surface area contributed by atoms with E-state index in [2.05, 4.69) is 6.58 Å². The molecule has 0 N–H and O–H groups in total.